The molecule has 0 fully saturated rings. The molecule has 1 heterocycles. The molecule has 0 bridgehead atoms. The Bertz CT molecular complexity index is 591. The van der Waals surface area contributed by atoms with Crippen LogP contribution in [-0.4, -0.2) is 10.9 Å². The van der Waals surface area contributed by atoms with Gasteiger partial charge in [-0.05, 0) is 30.0 Å². The number of aromatic nitrogens is 1. The lowest BCUT2D eigenvalue weighted by Crippen LogP contribution is -1.93. The second kappa shape index (κ2) is 5.65. The molecule has 0 radical (unpaired) electrons. The molecule has 0 saturated carbocycles. The Morgan fingerprint density at radius 1 is 1.26 bits per heavy atom. The molecule has 0 saturated heterocycles. The van der Waals surface area contributed by atoms with E-state index in [0.717, 1.165) is 5.56 Å². The van der Waals surface area contributed by atoms with Gasteiger partial charge in [0, 0.05) is 6.07 Å². The van der Waals surface area contributed by atoms with Crippen molar-refractivity contribution < 1.29 is 9.32 Å². The molecule has 19 heavy (non-hydrogen) atoms. The minimum atomic E-state index is -0.148. The standard InChI is InChI=1S/C16H17NO2/c1-11(2)14-7-4-13(5-8-14)6-9-16(18)15-10-12(3)19-17-15/h4-11H,1-3H3. The number of nitrogens with zero attached hydrogens (tertiary/aromatic N) is 1. The number of ketones is 1. The SMILES string of the molecule is Cc1cc(C(=O)C=Cc2ccc(C(C)C)cc2)no1. The van der Waals surface area contributed by atoms with Gasteiger partial charge in [0.2, 0.25) is 5.78 Å². The van der Waals surface area contributed by atoms with E-state index in [9.17, 15) is 4.79 Å². The second-order valence-corrected chi connectivity index (χ2v) is 4.84. The number of allylic oxidation sites excluding steroid dienone is 1. The zero-order valence-corrected chi connectivity index (χ0v) is 11.4. The highest BCUT2D eigenvalue weighted by Crippen LogP contribution is 2.15. The van der Waals surface area contributed by atoms with Gasteiger partial charge in [0.05, 0.1) is 0 Å². The Labute approximate surface area is 112 Å². The van der Waals surface area contributed by atoms with Gasteiger partial charge in [-0.15, -0.1) is 0 Å². The molecule has 2 rings (SSSR count). The summed E-state index contributed by atoms with van der Waals surface area (Å²) in [7, 11) is 0. The smallest absolute Gasteiger partial charge is 0.207 e. The molecule has 0 atom stereocenters. The molecule has 3 nitrogen and oxygen atoms in total. The van der Waals surface area contributed by atoms with Crippen molar-refractivity contribution in [1.29, 1.82) is 0 Å². The van der Waals surface area contributed by atoms with Gasteiger partial charge in [0.15, 0.2) is 5.69 Å². The minimum Gasteiger partial charge on any atom is -0.361 e. The lowest BCUT2D eigenvalue weighted by Gasteiger charge is -2.04. The first kappa shape index (κ1) is 13.3. The van der Waals surface area contributed by atoms with E-state index in [1.165, 1.54) is 11.6 Å². The molecule has 3 heteroatoms. The summed E-state index contributed by atoms with van der Waals surface area (Å²) in [6, 6.07) is 9.80. The zero-order valence-electron chi connectivity index (χ0n) is 11.4. The first-order chi connectivity index (χ1) is 9.06. The van der Waals surface area contributed by atoms with Crippen molar-refractivity contribution in [3.05, 3.63) is 59.0 Å². The van der Waals surface area contributed by atoms with Gasteiger partial charge in [-0.3, -0.25) is 4.79 Å². The molecule has 0 spiro atoms. The van der Waals surface area contributed by atoms with Gasteiger partial charge in [0.1, 0.15) is 5.76 Å². The summed E-state index contributed by atoms with van der Waals surface area (Å²) in [6.45, 7) is 6.07. The van der Waals surface area contributed by atoms with Crippen LogP contribution in [0, 0.1) is 6.92 Å². The highest BCUT2D eigenvalue weighted by atomic mass is 16.5. The van der Waals surface area contributed by atoms with Crippen LogP contribution in [0.1, 0.15) is 47.1 Å². The van der Waals surface area contributed by atoms with Crippen LogP contribution in [0.2, 0.25) is 0 Å². The van der Waals surface area contributed by atoms with Crippen molar-refractivity contribution in [3.8, 4) is 0 Å². The number of carbonyl (C=O) groups is 1. The highest BCUT2D eigenvalue weighted by Gasteiger charge is 2.07. The summed E-state index contributed by atoms with van der Waals surface area (Å²) >= 11 is 0. The molecule has 0 aliphatic heterocycles. The normalized spacial score (nSPS) is 11.4. The molecular weight excluding hydrogens is 238 g/mol. The number of carbonyl (C=O) groups excluding carboxylic acids is 1. The average Bonchev–Trinajstić information content (AvgIpc) is 2.83. The topological polar surface area (TPSA) is 43.1 Å². The van der Waals surface area contributed by atoms with E-state index < -0.39 is 0 Å². The number of hydrogen-bond acceptors (Lipinski definition) is 3. The van der Waals surface area contributed by atoms with Crippen LogP contribution in [0.25, 0.3) is 6.08 Å². The summed E-state index contributed by atoms with van der Waals surface area (Å²) in [6.07, 6.45) is 3.30. The molecule has 1 aromatic carbocycles. The Hall–Kier alpha value is -2.16. The van der Waals surface area contributed by atoms with Gasteiger partial charge in [0.25, 0.3) is 0 Å². The molecular formula is C16H17NO2. The molecule has 1 aromatic heterocycles. The van der Waals surface area contributed by atoms with Crippen molar-refractivity contribution in [2.24, 2.45) is 0 Å². The summed E-state index contributed by atoms with van der Waals surface area (Å²) in [4.78, 5) is 11.8. The van der Waals surface area contributed by atoms with Crippen molar-refractivity contribution in [3.63, 3.8) is 0 Å². The van der Waals surface area contributed by atoms with E-state index in [0.29, 0.717) is 17.4 Å². The van der Waals surface area contributed by atoms with Crippen LogP contribution in [0.5, 0.6) is 0 Å². The number of aryl methyl sites for hydroxylation is 1. The Kier molecular flexibility index (Phi) is 3.95. The first-order valence-electron chi connectivity index (χ1n) is 6.32. The largest absolute Gasteiger partial charge is 0.361 e. The van der Waals surface area contributed by atoms with Crippen LogP contribution in [-0.2, 0) is 0 Å². The van der Waals surface area contributed by atoms with Crippen LogP contribution in [0.15, 0.2) is 40.9 Å². The maximum Gasteiger partial charge on any atom is 0.207 e. The minimum absolute atomic E-state index is 0.148. The van der Waals surface area contributed by atoms with Crippen LogP contribution in [0.3, 0.4) is 0 Å². The van der Waals surface area contributed by atoms with Crippen LogP contribution >= 0.6 is 0 Å². The fourth-order valence-electron chi connectivity index (χ4n) is 1.73. The summed E-state index contributed by atoms with van der Waals surface area (Å²) < 4.78 is 4.88. The molecule has 0 aliphatic carbocycles. The molecule has 0 amide bonds. The first-order valence-corrected chi connectivity index (χ1v) is 6.32. The third-order valence-corrected chi connectivity index (χ3v) is 2.91. The van der Waals surface area contributed by atoms with E-state index in [1.54, 1.807) is 19.1 Å². The third-order valence-electron chi connectivity index (χ3n) is 2.91. The molecule has 0 aliphatic rings. The molecule has 2 aromatic rings. The quantitative estimate of drug-likeness (QED) is 0.612. The number of hydrogen-bond donors (Lipinski definition) is 0. The van der Waals surface area contributed by atoms with Gasteiger partial charge in [-0.1, -0.05) is 49.3 Å². The van der Waals surface area contributed by atoms with Crippen molar-refractivity contribution in [2.45, 2.75) is 26.7 Å². The fraction of sp³-hybridized carbons (Fsp3) is 0.250. The van der Waals surface area contributed by atoms with E-state index in [1.807, 2.05) is 12.1 Å². The van der Waals surface area contributed by atoms with Crippen molar-refractivity contribution in [1.82, 2.24) is 5.16 Å². The van der Waals surface area contributed by atoms with Gasteiger partial charge < -0.3 is 4.52 Å². The van der Waals surface area contributed by atoms with Crippen molar-refractivity contribution in [2.75, 3.05) is 0 Å². The molecule has 98 valence electrons. The Morgan fingerprint density at radius 3 is 2.47 bits per heavy atom. The predicted molar refractivity (Wildman–Crippen MR) is 75.1 cm³/mol. The summed E-state index contributed by atoms with van der Waals surface area (Å²) in [5, 5.41) is 3.69. The van der Waals surface area contributed by atoms with Crippen molar-refractivity contribution >= 4 is 11.9 Å². The maximum absolute atomic E-state index is 11.8. The third kappa shape index (κ3) is 3.41. The zero-order chi connectivity index (χ0) is 13.8. The molecule has 0 N–H and O–H groups in total. The number of benzene rings is 1. The monoisotopic (exact) mass is 255 g/mol. The van der Waals surface area contributed by atoms with E-state index in [-0.39, 0.29) is 5.78 Å². The van der Waals surface area contributed by atoms with Crippen LogP contribution < -0.4 is 0 Å². The predicted octanol–water partition coefficient (Wildman–Crippen LogP) is 4.00. The van der Waals surface area contributed by atoms with E-state index in [4.69, 9.17) is 4.52 Å². The van der Waals surface area contributed by atoms with Gasteiger partial charge >= 0.3 is 0 Å². The van der Waals surface area contributed by atoms with Gasteiger partial charge in [-0.25, -0.2) is 0 Å². The number of rotatable bonds is 4. The van der Waals surface area contributed by atoms with E-state index in [2.05, 4.69) is 31.1 Å². The van der Waals surface area contributed by atoms with Gasteiger partial charge in [-0.2, -0.15) is 0 Å². The average molecular weight is 255 g/mol. The summed E-state index contributed by atoms with van der Waals surface area (Å²) in [5.41, 5.74) is 2.63. The second-order valence-electron chi connectivity index (χ2n) is 4.84. The van der Waals surface area contributed by atoms with E-state index >= 15 is 0 Å². The molecule has 0 unspecified atom stereocenters. The Balaban J connectivity index is 2.08. The fourth-order valence-corrected chi connectivity index (χ4v) is 1.73. The lowest BCUT2D eigenvalue weighted by atomic mass is 10.0. The highest BCUT2D eigenvalue weighted by molar-refractivity contribution is 6.05. The van der Waals surface area contributed by atoms with Crippen LogP contribution in [0.4, 0.5) is 0 Å². The lowest BCUT2D eigenvalue weighted by molar-refractivity contribution is 0.103. The maximum atomic E-state index is 11.8. The summed E-state index contributed by atoms with van der Waals surface area (Å²) in [5.74, 6) is 1.00. The Morgan fingerprint density at radius 2 is 1.95 bits per heavy atom.